The van der Waals surface area contributed by atoms with Crippen LogP contribution >= 0.6 is 0 Å². The van der Waals surface area contributed by atoms with Gasteiger partial charge in [0.15, 0.2) is 0 Å². The second-order valence-electron chi connectivity index (χ2n) is 3.37. The van der Waals surface area contributed by atoms with Crippen molar-refractivity contribution in [2.24, 2.45) is 0 Å². The lowest BCUT2D eigenvalue weighted by molar-refractivity contribution is -0.136. The molecule has 1 saturated heterocycles. The van der Waals surface area contributed by atoms with Crippen molar-refractivity contribution >= 4 is 11.8 Å². The molecule has 1 aliphatic rings. The molecule has 1 unspecified atom stereocenters. The van der Waals surface area contributed by atoms with Crippen molar-refractivity contribution in [3.63, 3.8) is 0 Å². The van der Waals surface area contributed by atoms with Crippen molar-refractivity contribution in [3.8, 4) is 0 Å². The molecule has 5 heteroatoms. The highest BCUT2D eigenvalue weighted by Gasteiger charge is 2.31. The maximum absolute atomic E-state index is 11.5. The van der Waals surface area contributed by atoms with Gasteiger partial charge in [0.2, 0.25) is 11.8 Å². The molecule has 1 rings (SSSR count). The van der Waals surface area contributed by atoms with E-state index < -0.39 is 0 Å². The van der Waals surface area contributed by atoms with Crippen LogP contribution in [0.15, 0.2) is 0 Å². The Morgan fingerprint density at radius 3 is 2.79 bits per heavy atom. The summed E-state index contributed by atoms with van der Waals surface area (Å²) in [6, 6.07) is -0.362. The number of likely N-dealkylation sites (tertiary alicyclic amines) is 1. The number of nitrogens with zero attached hydrogens (tertiary/aromatic N) is 1. The molecule has 2 amide bonds. The molecular weight excluding hydrogens is 184 g/mol. The van der Waals surface area contributed by atoms with Crippen LogP contribution < -0.4 is 5.32 Å². The summed E-state index contributed by atoms with van der Waals surface area (Å²) in [4.78, 5) is 24.1. The number of rotatable bonds is 3. The van der Waals surface area contributed by atoms with Gasteiger partial charge in [0, 0.05) is 20.0 Å². The van der Waals surface area contributed by atoms with Crippen LogP contribution in [-0.4, -0.2) is 42.5 Å². The topological polar surface area (TPSA) is 69.3 Å². The van der Waals surface area contributed by atoms with Gasteiger partial charge < -0.3 is 10.2 Å². The van der Waals surface area contributed by atoms with E-state index in [-0.39, 0.29) is 31.0 Å². The molecule has 0 aromatic rings. The summed E-state index contributed by atoms with van der Waals surface area (Å²) in [5.74, 6) is -0.279. The van der Waals surface area contributed by atoms with Gasteiger partial charge in [-0.25, -0.2) is 5.11 Å². The highest BCUT2D eigenvalue weighted by Crippen LogP contribution is 2.16. The van der Waals surface area contributed by atoms with Crippen molar-refractivity contribution in [1.82, 2.24) is 10.2 Å². The van der Waals surface area contributed by atoms with Crippen LogP contribution in [0.25, 0.3) is 0 Å². The van der Waals surface area contributed by atoms with Crippen molar-refractivity contribution in [2.45, 2.75) is 25.8 Å². The van der Waals surface area contributed by atoms with Gasteiger partial charge in [0.1, 0.15) is 6.04 Å². The van der Waals surface area contributed by atoms with E-state index in [1.54, 1.807) is 4.90 Å². The highest BCUT2D eigenvalue weighted by molar-refractivity contribution is 5.87. The molecule has 0 aliphatic carbocycles. The monoisotopic (exact) mass is 199 g/mol. The summed E-state index contributed by atoms with van der Waals surface area (Å²) in [5, 5.41) is 12.7. The minimum Gasteiger partial charge on any atom is -0.352 e. The fraction of sp³-hybridized carbons (Fsp3) is 0.778. The lowest BCUT2D eigenvalue weighted by Crippen LogP contribution is -2.45. The maximum Gasteiger partial charge on any atom is 0.242 e. The molecular formula is C9H15N2O3. The molecule has 1 atom stereocenters. The third kappa shape index (κ3) is 2.45. The van der Waals surface area contributed by atoms with Gasteiger partial charge in [-0.2, -0.15) is 0 Å². The maximum atomic E-state index is 11.5. The number of amides is 2. The number of nitrogens with one attached hydrogen (secondary N) is 1. The summed E-state index contributed by atoms with van der Waals surface area (Å²) >= 11 is 0. The van der Waals surface area contributed by atoms with Crippen LogP contribution in [0.2, 0.25) is 0 Å². The van der Waals surface area contributed by atoms with Gasteiger partial charge in [-0.3, -0.25) is 9.59 Å². The number of hydrogen-bond donors (Lipinski definition) is 1. The molecule has 0 saturated carbocycles. The fourth-order valence-corrected chi connectivity index (χ4v) is 1.71. The second-order valence-corrected chi connectivity index (χ2v) is 3.37. The van der Waals surface area contributed by atoms with E-state index in [0.717, 1.165) is 6.42 Å². The van der Waals surface area contributed by atoms with E-state index in [4.69, 9.17) is 0 Å². The molecule has 0 aromatic carbocycles. The summed E-state index contributed by atoms with van der Waals surface area (Å²) in [6.07, 6.45) is 1.55. The zero-order chi connectivity index (χ0) is 10.6. The lowest BCUT2D eigenvalue weighted by Gasteiger charge is -2.21. The number of carbonyl (C=O) groups is 2. The smallest absolute Gasteiger partial charge is 0.242 e. The van der Waals surface area contributed by atoms with Gasteiger partial charge in [-0.05, 0) is 12.8 Å². The van der Waals surface area contributed by atoms with E-state index in [1.165, 1.54) is 6.92 Å². The molecule has 1 fully saturated rings. The van der Waals surface area contributed by atoms with Crippen LogP contribution in [0.5, 0.6) is 0 Å². The first kappa shape index (κ1) is 11.0. The van der Waals surface area contributed by atoms with E-state index in [1.807, 2.05) is 0 Å². The molecule has 1 N–H and O–H groups in total. The Morgan fingerprint density at radius 1 is 1.50 bits per heavy atom. The third-order valence-corrected chi connectivity index (χ3v) is 2.36. The standard InChI is InChI=1S/C9H15N2O3/c1-7(13)11-5-2-3-8(11)9(14)10-4-6-12/h8H,2-6H2,1H3,(H,10,14). The Balaban J connectivity index is 2.49. The molecule has 14 heavy (non-hydrogen) atoms. The SMILES string of the molecule is CC(=O)N1CCCC1C(=O)NCC[O]. The average Bonchev–Trinajstić information content (AvgIpc) is 2.62. The van der Waals surface area contributed by atoms with Gasteiger partial charge in [0.05, 0.1) is 6.61 Å². The molecule has 5 nitrogen and oxygen atoms in total. The Morgan fingerprint density at radius 2 is 2.21 bits per heavy atom. The summed E-state index contributed by atoms with van der Waals surface area (Å²) in [7, 11) is 0. The van der Waals surface area contributed by atoms with Crippen LogP contribution in [0, 0.1) is 0 Å². The number of carbonyl (C=O) groups excluding carboxylic acids is 2. The van der Waals surface area contributed by atoms with Crippen LogP contribution in [0.3, 0.4) is 0 Å². The molecule has 1 aliphatic heterocycles. The summed E-state index contributed by atoms with van der Waals surface area (Å²) in [5.41, 5.74) is 0. The van der Waals surface area contributed by atoms with Gasteiger partial charge in [0.25, 0.3) is 0 Å². The summed E-state index contributed by atoms with van der Waals surface area (Å²) < 4.78 is 0. The first-order valence-corrected chi connectivity index (χ1v) is 4.80. The first-order valence-electron chi connectivity index (χ1n) is 4.80. The van der Waals surface area contributed by atoms with Crippen LogP contribution in [0.4, 0.5) is 0 Å². The van der Waals surface area contributed by atoms with E-state index in [0.29, 0.717) is 13.0 Å². The predicted molar refractivity (Wildman–Crippen MR) is 49.0 cm³/mol. The predicted octanol–water partition coefficient (Wildman–Crippen LogP) is -0.456. The second kappa shape index (κ2) is 4.95. The van der Waals surface area contributed by atoms with Crippen molar-refractivity contribution in [3.05, 3.63) is 0 Å². The zero-order valence-electron chi connectivity index (χ0n) is 8.28. The normalized spacial score (nSPS) is 21.0. The quantitative estimate of drug-likeness (QED) is 0.668. The Kier molecular flexibility index (Phi) is 3.88. The Bertz CT molecular complexity index is 230. The fourth-order valence-electron chi connectivity index (χ4n) is 1.71. The summed E-state index contributed by atoms with van der Waals surface area (Å²) in [6.45, 7) is 1.92. The zero-order valence-corrected chi connectivity index (χ0v) is 8.28. The lowest BCUT2D eigenvalue weighted by atomic mass is 10.2. The van der Waals surface area contributed by atoms with E-state index in [9.17, 15) is 14.7 Å². The van der Waals surface area contributed by atoms with Gasteiger partial charge in [-0.1, -0.05) is 0 Å². The molecule has 0 bridgehead atoms. The van der Waals surface area contributed by atoms with Crippen molar-refractivity contribution in [2.75, 3.05) is 19.7 Å². The van der Waals surface area contributed by atoms with Gasteiger partial charge in [-0.15, -0.1) is 0 Å². The molecule has 0 aromatic heterocycles. The Labute approximate surface area is 83.1 Å². The molecule has 0 spiro atoms. The van der Waals surface area contributed by atoms with Crippen molar-refractivity contribution in [1.29, 1.82) is 0 Å². The van der Waals surface area contributed by atoms with Crippen LogP contribution in [-0.2, 0) is 14.7 Å². The van der Waals surface area contributed by atoms with Crippen molar-refractivity contribution < 1.29 is 14.7 Å². The molecule has 1 radical (unpaired) electrons. The average molecular weight is 199 g/mol. The molecule has 79 valence electrons. The van der Waals surface area contributed by atoms with Gasteiger partial charge >= 0.3 is 0 Å². The highest BCUT2D eigenvalue weighted by atomic mass is 16.3. The van der Waals surface area contributed by atoms with Crippen LogP contribution in [0.1, 0.15) is 19.8 Å². The Hall–Kier alpha value is -1.10. The number of hydrogen-bond acceptors (Lipinski definition) is 2. The minimum atomic E-state index is -0.362. The van der Waals surface area contributed by atoms with E-state index in [2.05, 4.69) is 5.32 Å². The van der Waals surface area contributed by atoms with E-state index >= 15 is 0 Å². The minimum absolute atomic E-state index is 0.0789. The molecule has 1 heterocycles. The first-order chi connectivity index (χ1) is 6.66. The largest absolute Gasteiger partial charge is 0.352 e. The third-order valence-electron chi connectivity index (χ3n) is 2.36.